The van der Waals surface area contributed by atoms with E-state index in [4.69, 9.17) is 5.73 Å². The predicted octanol–water partition coefficient (Wildman–Crippen LogP) is -0.343. The highest BCUT2D eigenvalue weighted by molar-refractivity contribution is 6.07. The smallest absolute Gasteiger partial charge is 0.254 e. The Kier molecular flexibility index (Phi) is 4.01. The minimum Gasteiger partial charge on any atom is -0.374 e. The zero-order valence-corrected chi connectivity index (χ0v) is 12.7. The number of carbonyl (C=O) groups excluding carboxylic acids is 2. The highest BCUT2D eigenvalue weighted by Gasteiger charge is 2.28. The number of nitrogens with one attached hydrogen (secondary N) is 3. The number of piperidine rings is 1. The second-order valence-corrected chi connectivity index (χ2v) is 5.65. The summed E-state index contributed by atoms with van der Waals surface area (Å²) in [6.45, 7) is 2.13. The topological polar surface area (TPSA) is 133 Å². The van der Waals surface area contributed by atoms with E-state index in [1.54, 1.807) is 19.1 Å². The molecule has 8 heteroatoms. The van der Waals surface area contributed by atoms with Crippen molar-refractivity contribution in [2.24, 2.45) is 5.73 Å². The minimum absolute atomic E-state index is 0.325. The Hall–Kier alpha value is -2.45. The van der Waals surface area contributed by atoms with Crippen molar-refractivity contribution in [1.82, 2.24) is 20.6 Å². The Morgan fingerprint density at radius 1 is 1.48 bits per heavy atom. The first kappa shape index (κ1) is 15.4. The number of aromatic amines is 1. The van der Waals surface area contributed by atoms with E-state index < -0.39 is 12.3 Å². The van der Waals surface area contributed by atoms with Crippen LogP contribution >= 0.6 is 0 Å². The van der Waals surface area contributed by atoms with Gasteiger partial charge in [-0.05, 0) is 31.4 Å². The van der Waals surface area contributed by atoms with E-state index in [0.29, 0.717) is 41.8 Å². The average Bonchev–Trinajstić information content (AvgIpc) is 2.90. The summed E-state index contributed by atoms with van der Waals surface area (Å²) in [6, 6.07) is 2.79. The molecule has 0 spiro atoms. The number of H-pyrrole nitrogens is 1. The SMILES string of the molecule is Cc1nc2c(CN)ccc(C(=O)NC3CCC(O)NC3=O)c2[nH]1. The van der Waals surface area contributed by atoms with Gasteiger partial charge in [-0.25, -0.2) is 4.98 Å². The maximum absolute atomic E-state index is 12.5. The van der Waals surface area contributed by atoms with Crippen LogP contribution in [0.3, 0.4) is 0 Å². The third-order valence-electron chi connectivity index (χ3n) is 3.97. The number of rotatable bonds is 3. The molecule has 0 aliphatic carbocycles. The van der Waals surface area contributed by atoms with E-state index in [9.17, 15) is 14.7 Å². The Balaban J connectivity index is 1.88. The van der Waals surface area contributed by atoms with E-state index >= 15 is 0 Å². The van der Waals surface area contributed by atoms with Gasteiger partial charge in [0.05, 0.1) is 16.6 Å². The number of aliphatic hydroxyl groups is 1. The van der Waals surface area contributed by atoms with Crippen LogP contribution in [0.5, 0.6) is 0 Å². The highest BCUT2D eigenvalue weighted by Crippen LogP contribution is 2.21. The van der Waals surface area contributed by atoms with Gasteiger partial charge in [-0.1, -0.05) is 6.07 Å². The van der Waals surface area contributed by atoms with Crippen LogP contribution in [0.15, 0.2) is 12.1 Å². The molecule has 0 bridgehead atoms. The number of hydrogen-bond acceptors (Lipinski definition) is 5. The number of carbonyl (C=O) groups is 2. The maximum Gasteiger partial charge on any atom is 0.254 e. The number of amides is 2. The van der Waals surface area contributed by atoms with E-state index in [1.165, 1.54) is 0 Å². The summed E-state index contributed by atoms with van der Waals surface area (Å²) in [6.07, 6.45) is -0.0481. The standard InChI is InChI=1S/C15H19N5O3/c1-7-17-12-8(6-16)2-3-9(13(12)18-7)14(22)19-10-4-5-11(21)20-15(10)23/h2-3,10-11,21H,4-6,16H2,1H3,(H,17,18)(H,19,22)(H,20,23). The monoisotopic (exact) mass is 317 g/mol. The molecule has 122 valence electrons. The lowest BCUT2D eigenvalue weighted by atomic mass is 10.0. The van der Waals surface area contributed by atoms with Gasteiger partial charge >= 0.3 is 0 Å². The quantitative estimate of drug-likeness (QED) is 0.528. The molecule has 0 saturated carbocycles. The van der Waals surface area contributed by atoms with Crippen LogP contribution in [-0.2, 0) is 11.3 Å². The van der Waals surface area contributed by atoms with Crippen molar-refractivity contribution < 1.29 is 14.7 Å². The van der Waals surface area contributed by atoms with Crippen molar-refractivity contribution in [2.45, 2.75) is 38.6 Å². The van der Waals surface area contributed by atoms with Crippen molar-refractivity contribution in [2.75, 3.05) is 0 Å². The average molecular weight is 317 g/mol. The number of aliphatic hydroxyl groups excluding tert-OH is 1. The second kappa shape index (κ2) is 5.98. The van der Waals surface area contributed by atoms with E-state index in [-0.39, 0.29) is 11.8 Å². The predicted molar refractivity (Wildman–Crippen MR) is 83.4 cm³/mol. The summed E-state index contributed by atoms with van der Waals surface area (Å²) in [5.41, 5.74) is 8.24. The second-order valence-electron chi connectivity index (χ2n) is 5.65. The van der Waals surface area contributed by atoms with Gasteiger partial charge in [0, 0.05) is 6.54 Å². The number of nitrogens with two attached hydrogens (primary N) is 1. The molecule has 0 radical (unpaired) electrons. The lowest BCUT2D eigenvalue weighted by Crippen LogP contribution is -2.53. The highest BCUT2D eigenvalue weighted by atomic mass is 16.3. The van der Waals surface area contributed by atoms with Crippen LogP contribution in [0, 0.1) is 6.92 Å². The molecule has 1 aromatic carbocycles. The van der Waals surface area contributed by atoms with E-state index in [0.717, 1.165) is 5.56 Å². The van der Waals surface area contributed by atoms with Crippen LogP contribution in [0.1, 0.15) is 34.6 Å². The Labute approximate surface area is 132 Å². The fraction of sp³-hybridized carbons (Fsp3) is 0.400. The molecule has 1 fully saturated rings. The molecule has 23 heavy (non-hydrogen) atoms. The lowest BCUT2D eigenvalue weighted by Gasteiger charge is -2.26. The summed E-state index contributed by atoms with van der Waals surface area (Å²) in [5, 5.41) is 14.5. The molecule has 2 aromatic rings. The van der Waals surface area contributed by atoms with Gasteiger partial charge in [-0.2, -0.15) is 0 Å². The molecule has 2 unspecified atom stereocenters. The number of benzene rings is 1. The van der Waals surface area contributed by atoms with Crippen LogP contribution < -0.4 is 16.4 Å². The zero-order chi connectivity index (χ0) is 16.6. The summed E-state index contributed by atoms with van der Waals surface area (Å²) in [5.74, 6) is -0.0556. The number of fused-ring (bicyclic) bond motifs is 1. The fourth-order valence-corrected chi connectivity index (χ4v) is 2.79. The number of imidazole rings is 1. The number of aryl methyl sites for hydroxylation is 1. The molecule has 2 heterocycles. The van der Waals surface area contributed by atoms with Crippen LogP contribution in [0.2, 0.25) is 0 Å². The van der Waals surface area contributed by atoms with Crippen LogP contribution in [0.4, 0.5) is 0 Å². The van der Waals surface area contributed by atoms with Crippen LogP contribution in [0.25, 0.3) is 11.0 Å². The fourth-order valence-electron chi connectivity index (χ4n) is 2.79. The van der Waals surface area contributed by atoms with E-state index in [2.05, 4.69) is 20.6 Å². The molecule has 2 atom stereocenters. The molecule has 3 rings (SSSR count). The summed E-state index contributed by atoms with van der Waals surface area (Å²) >= 11 is 0. The molecule has 1 aromatic heterocycles. The molecule has 6 N–H and O–H groups in total. The third kappa shape index (κ3) is 2.90. The van der Waals surface area contributed by atoms with Gasteiger partial charge in [0.1, 0.15) is 18.1 Å². The normalized spacial score (nSPS) is 21.3. The first-order valence-electron chi connectivity index (χ1n) is 7.47. The molecular formula is C15H19N5O3. The number of hydrogen-bond donors (Lipinski definition) is 5. The van der Waals surface area contributed by atoms with Crippen molar-refractivity contribution in [3.8, 4) is 0 Å². The molecule has 1 aliphatic heterocycles. The van der Waals surface area contributed by atoms with Gasteiger partial charge in [-0.15, -0.1) is 0 Å². The van der Waals surface area contributed by atoms with Gasteiger partial charge < -0.3 is 26.5 Å². The van der Waals surface area contributed by atoms with Gasteiger partial charge in [0.15, 0.2) is 0 Å². The van der Waals surface area contributed by atoms with Crippen molar-refractivity contribution in [3.63, 3.8) is 0 Å². The lowest BCUT2D eigenvalue weighted by molar-refractivity contribution is -0.128. The van der Waals surface area contributed by atoms with E-state index in [1.807, 2.05) is 0 Å². The largest absolute Gasteiger partial charge is 0.374 e. The van der Waals surface area contributed by atoms with Gasteiger partial charge in [0.2, 0.25) is 5.91 Å². The first-order chi connectivity index (χ1) is 11.0. The Bertz CT molecular complexity index is 770. The summed E-state index contributed by atoms with van der Waals surface area (Å²) in [4.78, 5) is 31.8. The molecule has 2 amide bonds. The van der Waals surface area contributed by atoms with Crippen molar-refractivity contribution >= 4 is 22.8 Å². The Morgan fingerprint density at radius 2 is 2.26 bits per heavy atom. The first-order valence-corrected chi connectivity index (χ1v) is 7.47. The maximum atomic E-state index is 12.5. The zero-order valence-electron chi connectivity index (χ0n) is 12.7. The third-order valence-corrected chi connectivity index (χ3v) is 3.97. The molecular weight excluding hydrogens is 298 g/mol. The minimum atomic E-state index is -0.846. The Morgan fingerprint density at radius 3 is 2.96 bits per heavy atom. The molecule has 8 nitrogen and oxygen atoms in total. The van der Waals surface area contributed by atoms with Gasteiger partial charge in [-0.3, -0.25) is 9.59 Å². The van der Waals surface area contributed by atoms with Gasteiger partial charge in [0.25, 0.3) is 5.91 Å². The number of nitrogens with zero attached hydrogens (tertiary/aromatic N) is 1. The van der Waals surface area contributed by atoms with Crippen molar-refractivity contribution in [3.05, 3.63) is 29.1 Å². The molecule has 1 saturated heterocycles. The van der Waals surface area contributed by atoms with Crippen LogP contribution in [-0.4, -0.2) is 39.2 Å². The number of aromatic nitrogens is 2. The summed E-state index contributed by atoms with van der Waals surface area (Å²) in [7, 11) is 0. The summed E-state index contributed by atoms with van der Waals surface area (Å²) < 4.78 is 0. The molecule has 1 aliphatic rings. The van der Waals surface area contributed by atoms with Crippen molar-refractivity contribution in [1.29, 1.82) is 0 Å².